The van der Waals surface area contributed by atoms with Crippen LogP contribution in [0.1, 0.15) is 27.7 Å². The quantitative estimate of drug-likeness (QED) is 0.332. The number of halogens is 8. The number of carbonyl (C=O) groups is 4. The van der Waals surface area contributed by atoms with Crippen LogP contribution in [-0.4, -0.2) is 68.1 Å². The Morgan fingerprint density at radius 2 is 0.667 bits per heavy atom. The van der Waals surface area contributed by atoms with E-state index in [0.29, 0.717) is 0 Å². The molecule has 30 heavy (non-hydrogen) atoms. The van der Waals surface area contributed by atoms with Gasteiger partial charge in [0.1, 0.15) is 0 Å². The van der Waals surface area contributed by atoms with E-state index in [1.807, 2.05) is 15.9 Å². The van der Waals surface area contributed by atoms with Crippen LogP contribution in [0.25, 0.3) is 0 Å². The first-order valence-electron chi connectivity index (χ1n) is 7.68. The summed E-state index contributed by atoms with van der Waals surface area (Å²) >= 11 is 2.00. The van der Waals surface area contributed by atoms with Crippen molar-refractivity contribution < 1.29 is 49.6 Å². The molecule has 4 N–H and O–H groups in total. The van der Waals surface area contributed by atoms with Crippen LogP contribution >= 0.6 is 80.4 Å². The Morgan fingerprint density at radius 1 is 0.567 bits per heavy atom. The summed E-state index contributed by atoms with van der Waals surface area (Å²) in [6, 6.07) is -0.963. The van der Waals surface area contributed by atoms with Gasteiger partial charge in [-0.15, -0.1) is 0 Å². The summed E-state index contributed by atoms with van der Waals surface area (Å²) in [7, 11) is 37.5. The Bertz CT molecular complexity index is 440. The summed E-state index contributed by atoms with van der Waals surface area (Å²) in [5.74, 6) is -0.315. The van der Waals surface area contributed by atoms with Gasteiger partial charge in [0, 0.05) is 27.7 Å². The standard InChI is InChI=1S/2C6H11NO2.2Al.8ClH.Fe.O/c2*1-4(8)6(7-3)5(2)9;;;;;;;;;;;;/h2*6-7H,1-3H3;;;8*1H;;/q;;2*+3;;;;;;;;;;/p-6. The molecule has 0 spiro atoms. The molecular formula is C12H24Al2Cl8FeN2O5. The Hall–Kier alpha value is 2.30. The second-order valence-corrected chi connectivity index (χ2v) is 30.8. The molecule has 0 rings (SSSR count). The van der Waals surface area contributed by atoms with Gasteiger partial charge < -0.3 is 91.0 Å². The normalized spacial score (nSPS) is 10.0. The van der Waals surface area contributed by atoms with Crippen LogP contribution in [-0.2, 0) is 39.0 Å². The van der Waals surface area contributed by atoms with Gasteiger partial charge in [0.05, 0.1) is 14.1 Å². The molecule has 0 bridgehead atoms. The number of likely N-dealkylation sites (N-methyl/N-ethyl adjacent to an activating group) is 2. The molecule has 0 aliphatic carbocycles. The van der Waals surface area contributed by atoms with E-state index < -0.39 is 30.9 Å². The summed E-state index contributed by atoms with van der Waals surface area (Å²) in [5.41, 5.74) is 0. The fourth-order valence-electron chi connectivity index (χ4n) is 1.51. The van der Waals surface area contributed by atoms with Crippen LogP contribution in [0.2, 0.25) is 0 Å². The topological polar surface area (TPSA) is 119 Å². The molecule has 0 aliphatic rings. The summed E-state index contributed by atoms with van der Waals surface area (Å²) in [5, 5.41) is 3.23. The van der Waals surface area contributed by atoms with E-state index >= 15 is 0 Å². The van der Waals surface area contributed by atoms with Gasteiger partial charge in [-0.2, -0.15) is 0 Å². The van der Waals surface area contributed by atoms with Gasteiger partial charge in [-0.1, -0.05) is 0 Å². The second kappa shape index (κ2) is 24.4. The molecule has 0 aromatic carbocycles. The molecule has 0 radical (unpaired) electrons. The number of hydrogen-bond acceptors (Lipinski definition) is 5. The average Bonchev–Trinajstić information content (AvgIpc) is 2.46. The third-order valence-corrected chi connectivity index (χ3v) is 2.42. The molecule has 0 saturated heterocycles. The molecular weight excluding hydrogens is 646 g/mol. The zero-order chi connectivity index (χ0) is 25.9. The zero-order valence-electron chi connectivity index (χ0n) is 16.9. The van der Waals surface area contributed by atoms with Gasteiger partial charge in [0.25, 0.3) is 0 Å². The number of carbonyl (C=O) groups excluding carboxylic acids is 4. The molecule has 0 amide bonds. The number of rotatable bonds is 6. The monoisotopic (exact) mass is 666 g/mol. The summed E-state index contributed by atoms with van der Waals surface area (Å²) < 4.78 is 8.00. The molecule has 0 heterocycles. The first kappa shape index (κ1) is 42.5. The molecule has 0 aliphatic heterocycles. The molecule has 0 unspecified atom stereocenters. The number of nitrogens with two attached hydrogens (primary N) is 2. The predicted molar refractivity (Wildman–Crippen MR) is 125 cm³/mol. The summed E-state index contributed by atoms with van der Waals surface area (Å²) in [6.45, 7) is 5.69. The van der Waals surface area contributed by atoms with Crippen LogP contribution in [0.5, 0.6) is 0 Å². The summed E-state index contributed by atoms with van der Waals surface area (Å²) in [4.78, 5) is 42.3. The van der Waals surface area contributed by atoms with E-state index in [4.69, 9.17) is 84.2 Å². The second-order valence-electron chi connectivity index (χ2n) is 5.05. The van der Waals surface area contributed by atoms with Crippen LogP contribution in [0, 0.1) is 0 Å². The van der Waals surface area contributed by atoms with E-state index in [1.165, 1.54) is 27.7 Å². The molecule has 0 atom stereocenters. The van der Waals surface area contributed by atoms with Crippen molar-refractivity contribution in [3.8, 4) is 0 Å². The van der Waals surface area contributed by atoms with Crippen molar-refractivity contribution in [3.05, 3.63) is 0 Å². The first-order chi connectivity index (χ1) is 13.2. The van der Waals surface area contributed by atoms with Crippen molar-refractivity contribution >= 4 is 122 Å². The predicted octanol–water partition coefficient (Wildman–Crippen LogP) is 2.09. The van der Waals surface area contributed by atoms with Crippen LogP contribution in [0.4, 0.5) is 0 Å². The third-order valence-electron chi connectivity index (χ3n) is 2.42. The van der Waals surface area contributed by atoms with E-state index in [0.717, 1.165) is 0 Å². The van der Waals surface area contributed by atoms with Gasteiger partial charge in [0.15, 0.2) is 23.1 Å². The fourth-order valence-corrected chi connectivity index (χ4v) is 1.51. The van der Waals surface area contributed by atoms with Crippen molar-refractivity contribution in [2.75, 3.05) is 14.1 Å². The van der Waals surface area contributed by atoms with Gasteiger partial charge >= 0.3 is 38.6 Å². The number of Topliss-reactive ketones (excluding diaryl/α,β-unsaturated/α-hetero) is 4. The molecule has 182 valence electrons. The molecule has 0 aromatic heterocycles. The molecule has 0 fully saturated rings. The van der Waals surface area contributed by atoms with Gasteiger partial charge in [-0.05, 0) is 0 Å². The van der Waals surface area contributed by atoms with Crippen LogP contribution in [0.15, 0.2) is 0 Å². The number of quaternary nitrogens is 2. The van der Waals surface area contributed by atoms with Gasteiger partial charge in [0.2, 0.25) is 12.1 Å². The van der Waals surface area contributed by atoms with Crippen molar-refractivity contribution in [3.63, 3.8) is 0 Å². The van der Waals surface area contributed by atoms with Crippen LogP contribution in [0.3, 0.4) is 0 Å². The zero-order valence-corrected chi connectivity index (χ0v) is 26.3. The van der Waals surface area contributed by atoms with E-state index in [-0.39, 0.29) is 23.1 Å². The Morgan fingerprint density at radius 3 is 0.667 bits per heavy atom. The Kier molecular flexibility index (Phi) is 34.6. The van der Waals surface area contributed by atoms with E-state index in [1.54, 1.807) is 24.7 Å². The maximum atomic E-state index is 10.6. The average molecular weight is 670 g/mol. The molecule has 0 saturated carbocycles. The molecule has 18 heteroatoms. The van der Waals surface area contributed by atoms with Crippen molar-refractivity contribution in [1.29, 1.82) is 0 Å². The van der Waals surface area contributed by atoms with Gasteiger partial charge in [-0.25, -0.2) is 0 Å². The van der Waals surface area contributed by atoms with Crippen LogP contribution < -0.4 is 10.6 Å². The van der Waals surface area contributed by atoms with Crippen molar-refractivity contribution in [1.82, 2.24) is 0 Å². The number of ketones is 4. The Labute approximate surface area is 223 Å². The molecule has 7 nitrogen and oxygen atoms in total. The first-order valence-corrected chi connectivity index (χ1v) is 22.1. The third kappa shape index (κ3) is 52.3. The van der Waals surface area contributed by atoms with Crippen molar-refractivity contribution in [2.45, 2.75) is 39.8 Å². The molecule has 0 aromatic rings. The number of hydrogen-bond donors (Lipinski definition) is 2. The van der Waals surface area contributed by atoms with E-state index in [9.17, 15) is 19.2 Å². The minimum absolute atomic E-state index is 0.0787. The van der Waals surface area contributed by atoms with Gasteiger partial charge in [-0.3, -0.25) is 19.2 Å². The van der Waals surface area contributed by atoms with E-state index in [2.05, 4.69) is 0 Å². The minimum atomic E-state index is -2.94. The van der Waals surface area contributed by atoms with Crippen molar-refractivity contribution in [2.24, 2.45) is 0 Å². The summed E-state index contributed by atoms with van der Waals surface area (Å²) in [6.07, 6.45) is 0. The Balaban J connectivity index is -0.0000000931. The fraction of sp³-hybridized carbons (Fsp3) is 0.667. The SMILES string of the molecule is C[NH2+]C(C(C)=O)C(C)=O.C[NH2+]C(C(C)=O)C(C)=O.[Cl][Al-]([Cl])([Cl])[Cl].[Cl][Al-]([Cl])([Cl])[Cl].[O]=[Fe]. The maximum absolute atomic E-state index is 10.6.